The number of aromatic amines is 1. The Balaban J connectivity index is 1.46. The fraction of sp³-hybridized carbons (Fsp3) is 0.0500. The maximum Gasteiger partial charge on any atom is 0.416 e. The van der Waals surface area contributed by atoms with Crippen molar-refractivity contribution in [3.63, 3.8) is 0 Å². The number of hydrogen-bond donors (Lipinski definition) is 2. The predicted molar refractivity (Wildman–Crippen MR) is 101 cm³/mol. The maximum atomic E-state index is 12.8. The van der Waals surface area contributed by atoms with Crippen molar-refractivity contribution >= 4 is 11.6 Å². The van der Waals surface area contributed by atoms with Crippen molar-refractivity contribution in [2.75, 3.05) is 5.32 Å². The minimum atomic E-state index is -4.42. The van der Waals surface area contributed by atoms with Crippen molar-refractivity contribution < 1.29 is 17.9 Å². The van der Waals surface area contributed by atoms with Crippen LogP contribution in [0, 0.1) is 0 Å². The fourth-order valence-electron chi connectivity index (χ4n) is 2.57. The lowest BCUT2D eigenvalue weighted by molar-refractivity contribution is -0.137. The van der Waals surface area contributed by atoms with Crippen LogP contribution in [-0.2, 0) is 6.18 Å². The number of pyridine rings is 1. The molecule has 0 aliphatic carbocycles. The highest BCUT2D eigenvalue weighted by Crippen LogP contribution is 2.31. The van der Waals surface area contributed by atoms with Crippen LogP contribution in [0.3, 0.4) is 0 Å². The highest BCUT2D eigenvalue weighted by molar-refractivity contribution is 5.60. The molecule has 0 radical (unpaired) electrons. The zero-order chi connectivity index (χ0) is 20.3. The van der Waals surface area contributed by atoms with Gasteiger partial charge in [-0.3, -0.25) is 10.1 Å². The third-order valence-electron chi connectivity index (χ3n) is 3.93. The number of benzene rings is 2. The molecule has 6 nitrogen and oxygen atoms in total. The van der Waals surface area contributed by atoms with E-state index in [1.54, 1.807) is 48.8 Å². The average Bonchev–Trinajstić information content (AvgIpc) is 3.17. The number of rotatable bonds is 5. The van der Waals surface area contributed by atoms with E-state index in [2.05, 4.69) is 25.5 Å². The second-order valence-electron chi connectivity index (χ2n) is 6.03. The summed E-state index contributed by atoms with van der Waals surface area (Å²) in [5, 5.41) is 9.53. The summed E-state index contributed by atoms with van der Waals surface area (Å²) >= 11 is 0. The van der Waals surface area contributed by atoms with Gasteiger partial charge in [-0.25, -0.2) is 0 Å². The second kappa shape index (κ2) is 7.63. The van der Waals surface area contributed by atoms with Gasteiger partial charge in [0.25, 0.3) is 0 Å². The Morgan fingerprint density at radius 1 is 0.931 bits per heavy atom. The molecule has 4 aromatic rings. The normalized spacial score (nSPS) is 11.3. The summed E-state index contributed by atoms with van der Waals surface area (Å²) in [6, 6.07) is 15.5. The number of anilines is 2. The largest absolute Gasteiger partial charge is 0.456 e. The molecule has 146 valence electrons. The smallest absolute Gasteiger partial charge is 0.416 e. The number of aromatic nitrogens is 4. The number of H-pyrrole nitrogens is 1. The number of nitrogens with zero attached hydrogens (tertiary/aromatic N) is 3. The summed E-state index contributed by atoms with van der Waals surface area (Å²) in [5.41, 5.74) is 0.237. The van der Waals surface area contributed by atoms with Crippen LogP contribution in [0.1, 0.15) is 5.56 Å². The van der Waals surface area contributed by atoms with E-state index < -0.39 is 11.7 Å². The van der Waals surface area contributed by atoms with Crippen LogP contribution >= 0.6 is 0 Å². The monoisotopic (exact) mass is 397 g/mol. The van der Waals surface area contributed by atoms with Crippen molar-refractivity contribution in [3.8, 4) is 22.9 Å². The highest BCUT2D eigenvalue weighted by Gasteiger charge is 2.30. The molecule has 2 aromatic carbocycles. The molecule has 4 rings (SSSR count). The van der Waals surface area contributed by atoms with Crippen LogP contribution in [0.4, 0.5) is 24.8 Å². The number of halogens is 3. The highest BCUT2D eigenvalue weighted by atomic mass is 19.4. The molecule has 9 heteroatoms. The third-order valence-corrected chi connectivity index (χ3v) is 3.93. The fourth-order valence-corrected chi connectivity index (χ4v) is 2.57. The first-order chi connectivity index (χ1) is 14.0. The van der Waals surface area contributed by atoms with Crippen molar-refractivity contribution in [1.29, 1.82) is 0 Å². The molecule has 29 heavy (non-hydrogen) atoms. The van der Waals surface area contributed by atoms with Gasteiger partial charge in [0.15, 0.2) is 5.82 Å². The van der Waals surface area contributed by atoms with Crippen molar-refractivity contribution in [2.24, 2.45) is 0 Å². The van der Waals surface area contributed by atoms with Gasteiger partial charge in [-0.2, -0.15) is 18.2 Å². The molecular formula is C20H14F3N5O. The van der Waals surface area contributed by atoms with Gasteiger partial charge in [0, 0.05) is 17.4 Å². The Kier molecular flexibility index (Phi) is 4.86. The van der Waals surface area contributed by atoms with Crippen LogP contribution < -0.4 is 10.1 Å². The molecule has 2 N–H and O–H groups in total. The predicted octanol–water partition coefficient (Wildman–Crippen LogP) is 5.42. The van der Waals surface area contributed by atoms with Crippen LogP contribution in [0.15, 0.2) is 73.1 Å². The topological polar surface area (TPSA) is 75.7 Å². The van der Waals surface area contributed by atoms with Gasteiger partial charge in [0.1, 0.15) is 11.5 Å². The van der Waals surface area contributed by atoms with Crippen molar-refractivity contribution in [3.05, 3.63) is 78.6 Å². The summed E-state index contributed by atoms with van der Waals surface area (Å²) < 4.78 is 44.1. The summed E-state index contributed by atoms with van der Waals surface area (Å²) in [7, 11) is 0. The van der Waals surface area contributed by atoms with Gasteiger partial charge in [-0.15, -0.1) is 5.10 Å². The summed E-state index contributed by atoms with van der Waals surface area (Å²) in [5.74, 6) is 1.87. The molecular weight excluding hydrogens is 383 g/mol. The minimum absolute atomic E-state index is 0.162. The Morgan fingerprint density at radius 3 is 2.48 bits per heavy atom. The van der Waals surface area contributed by atoms with Crippen LogP contribution in [-0.4, -0.2) is 20.2 Å². The van der Waals surface area contributed by atoms with E-state index >= 15 is 0 Å². The average molecular weight is 397 g/mol. The number of alkyl halides is 3. The number of nitrogens with one attached hydrogen (secondary N) is 2. The van der Waals surface area contributed by atoms with E-state index in [1.165, 1.54) is 12.1 Å². The quantitative estimate of drug-likeness (QED) is 0.470. The Hall–Kier alpha value is -3.88. The molecule has 0 atom stereocenters. The van der Waals surface area contributed by atoms with E-state index in [0.717, 1.165) is 17.7 Å². The van der Waals surface area contributed by atoms with Crippen LogP contribution in [0.5, 0.6) is 11.5 Å². The molecule has 0 aliphatic rings. The summed E-state index contributed by atoms with van der Waals surface area (Å²) in [6.45, 7) is 0. The molecule has 0 amide bonds. The zero-order valence-corrected chi connectivity index (χ0v) is 14.8. The van der Waals surface area contributed by atoms with Crippen molar-refractivity contribution in [1.82, 2.24) is 20.2 Å². The first-order valence-corrected chi connectivity index (χ1v) is 8.52. The summed E-state index contributed by atoms with van der Waals surface area (Å²) in [4.78, 5) is 8.26. The van der Waals surface area contributed by atoms with E-state index in [4.69, 9.17) is 4.74 Å². The summed E-state index contributed by atoms with van der Waals surface area (Å²) in [6.07, 6.45) is -1.15. The number of hydrogen-bond acceptors (Lipinski definition) is 5. The van der Waals surface area contributed by atoms with Crippen LogP contribution in [0.25, 0.3) is 11.4 Å². The van der Waals surface area contributed by atoms with Gasteiger partial charge in [0.05, 0.1) is 11.8 Å². The van der Waals surface area contributed by atoms with E-state index in [9.17, 15) is 13.2 Å². The molecule has 2 aromatic heterocycles. The minimum Gasteiger partial charge on any atom is -0.456 e. The molecule has 0 fully saturated rings. The van der Waals surface area contributed by atoms with Crippen LogP contribution in [0.2, 0.25) is 0 Å². The lowest BCUT2D eigenvalue weighted by atomic mass is 10.2. The Morgan fingerprint density at radius 2 is 1.76 bits per heavy atom. The zero-order valence-electron chi connectivity index (χ0n) is 14.8. The van der Waals surface area contributed by atoms with Gasteiger partial charge >= 0.3 is 6.18 Å². The SMILES string of the molecule is FC(F)(F)c1cccc(Nc2n[nH]c(-c3ccc(Oc4cccnc4)cc3)n2)c1. The van der Waals surface area contributed by atoms with Gasteiger partial charge in [-0.1, -0.05) is 6.07 Å². The Bertz CT molecular complexity index is 1100. The molecule has 0 saturated carbocycles. The Labute approximate surface area is 163 Å². The van der Waals surface area contributed by atoms with Gasteiger partial charge < -0.3 is 10.1 Å². The first kappa shape index (κ1) is 18.5. The molecule has 0 bridgehead atoms. The van der Waals surface area contributed by atoms with Crippen molar-refractivity contribution in [2.45, 2.75) is 6.18 Å². The van der Waals surface area contributed by atoms with Gasteiger partial charge in [-0.05, 0) is 54.6 Å². The molecule has 0 aliphatic heterocycles. The van der Waals surface area contributed by atoms with E-state index in [0.29, 0.717) is 17.3 Å². The molecule has 0 unspecified atom stereocenters. The molecule has 0 spiro atoms. The molecule has 0 saturated heterocycles. The standard InChI is InChI=1S/C20H14F3N5O/c21-20(22,23)14-3-1-4-15(11-14)25-19-26-18(27-28-19)13-6-8-16(9-7-13)29-17-5-2-10-24-12-17/h1-12H,(H2,25,26,27,28). The van der Waals surface area contributed by atoms with Gasteiger partial charge in [0.2, 0.25) is 5.95 Å². The second-order valence-corrected chi connectivity index (χ2v) is 6.03. The lowest BCUT2D eigenvalue weighted by Gasteiger charge is -2.08. The third kappa shape index (κ3) is 4.52. The first-order valence-electron chi connectivity index (χ1n) is 8.52. The molecule has 2 heterocycles. The lowest BCUT2D eigenvalue weighted by Crippen LogP contribution is -2.05. The maximum absolute atomic E-state index is 12.8. The van der Waals surface area contributed by atoms with E-state index in [-0.39, 0.29) is 11.6 Å². The van der Waals surface area contributed by atoms with E-state index in [1.807, 2.05) is 0 Å². The number of ether oxygens (including phenoxy) is 1.